The molecule has 142 valence electrons. The third kappa shape index (κ3) is 4.98. The Labute approximate surface area is 161 Å². The molecule has 2 aromatic heterocycles. The minimum atomic E-state index is -4.16. The summed E-state index contributed by atoms with van der Waals surface area (Å²) in [5, 5.41) is 6.06. The fourth-order valence-electron chi connectivity index (χ4n) is 2.95. The van der Waals surface area contributed by atoms with Crippen LogP contribution in [0.4, 0.5) is 18.3 Å². The zero-order valence-corrected chi connectivity index (χ0v) is 16.7. The predicted molar refractivity (Wildman–Crippen MR) is 101 cm³/mol. The number of thiazole rings is 2. The van der Waals surface area contributed by atoms with Crippen LogP contribution in [0.2, 0.25) is 0 Å². The van der Waals surface area contributed by atoms with E-state index < -0.39 is 11.9 Å². The number of hydrogen-bond donors (Lipinski definition) is 1. The molecule has 2 aromatic rings. The van der Waals surface area contributed by atoms with E-state index in [1.165, 1.54) is 11.3 Å². The molecule has 4 nitrogen and oxygen atoms in total. The highest BCUT2D eigenvalue weighted by molar-refractivity contribution is 7.99. The van der Waals surface area contributed by atoms with E-state index in [2.05, 4.69) is 15.3 Å². The van der Waals surface area contributed by atoms with Crippen molar-refractivity contribution in [2.45, 2.75) is 44.5 Å². The summed E-state index contributed by atoms with van der Waals surface area (Å²) in [6, 6.07) is 0. The smallest absolute Gasteiger partial charge is 0.302 e. The Balaban J connectivity index is 1.55. The van der Waals surface area contributed by atoms with Gasteiger partial charge in [-0.15, -0.1) is 34.4 Å². The molecule has 1 fully saturated rings. The van der Waals surface area contributed by atoms with Crippen molar-refractivity contribution in [2.24, 2.45) is 5.92 Å². The molecule has 0 saturated heterocycles. The zero-order valence-electron chi connectivity index (χ0n) is 14.2. The molecule has 1 aliphatic rings. The minimum Gasteiger partial charge on any atom is -0.302 e. The van der Waals surface area contributed by atoms with Gasteiger partial charge in [0, 0.05) is 16.5 Å². The van der Waals surface area contributed by atoms with Gasteiger partial charge in [-0.2, -0.15) is 13.2 Å². The van der Waals surface area contributed by atoms with Gasteiger partial charge in [-0.1, -0.05) is 0 Å². The molecular weight excluding hydrogens is 403 g/mol. The molecule has 26 heavy (non-hydrogen) atoms. The van der Waals surface area contributed by atoms with Crippen LogP contribution in [0.25, 0.3) is 10.6 Å². The highest BCUT2D eigenvalue weighted by Crippen LogP contribution is 2.38. The van der Waals surface area contributed by atoms with Crippen LogP contribution in [0.5, 0.6) is 0 Å². The van der Waals surface area contributed by atoms with Crippen LogP contribution in [-0.4, -0.2) is 33.1 Å². The van der Waals surface area contributed by atoms with Gasteiger partial charge >= 0.3 is 6.18 Å². The average molecular weight is 422 g/mol. The molecule has 3 rings (SSSR count). The van der Waals surface area contributed by atoms with Crippen molar-refractivity contribution in [1.82, 2.24) is 9.97 Å². The maximum Gasteiger partial charge on any atom is 0.397 e. The lowest BCUT2D eigenvalue weighted by Crippen LogP contribution is -2.21. The maximum absolute atomic E-state index is 12.4. The number of carbonyl (C=O) groups is 1. The van der Waals surface area contributed by atoms with Gasteiger partial charge < -0.3 is 5.32 Å². The van der Waals surface area contributed by atoms with Crippen LogP contribution in [0.15, 0.2) is 5.38 Å². The second kappa shape index (κ2) is 7.85. The number of rotatable bonds is 5. The topological polar surface area (TPSA) is 54.9 Å². The normalized spacial score (nSPS) is 20.5. The maximum atomic E-state index is 12.4. The van der Waals surface area contributed by atoms with E-state index in [0.29, 0.717) is 24.4 Å². The number of nitrogens with zero attached hydrogens (tertiary/aromatic N) is 2. The van der Waals surface area contributed by atoms with E-state index in [9.17, 15) is 18.0 Å². The van der Waals surface area contributed by atoms with E-state index in [1.807, 2.05) is 19.2 Å². The van der Waals surface area contributed by atoms with Crippen LogP contribution in [-0.2, 0) is 4.79 Å². The fourth-order valence-corrected chi connectivity index (χ4v) is 5.71. The molecule has 1 saturated carbocycles. The van der Waals surface area contributed by atoms with Crippen LogP contribution in [0.3, 0.4) is 0 Å². The van der Waals surface area contributed by atoms with E-state index >= 15 is 0 Å². The summed E-state index contributed by atoms with van der Waals surface area (Å²) >= 11 is 3.80. The van der Waals surface area contributed by atoms with Gasteiger partial charge in [-0.25, -0.2) is 9.97 Å². The Bertz CT molecular complexity index is 787. The lowest BCUT2D eigenvalue weighted by molar-refractivity contribution is -0.119. The molecule has 1 amide bonds. The first-order valence-electron chi connectivity index (χ1n) is 8.10. The monoisotopic (exact) mass is 421 g/mol. The van der Waals surface area contributed by atoms with Crippen molar-refractivity contribution >= 4 is 45.5 Å². The number of halogens is 3. The molecule has 10 heteroatoms. The molecule has 0 unspecified atom stereocenters. The summed E-state index contributed by atoms with van der Waals surface area (Å²) in [6.45, 7) is 3.86. The third-order valence-electron chi connectivity index (χ3n) is 4.11. The van der Waals surface area contributed by atoms with E-state index in [4.69, 9.17) is 0 Å². The van der Waals surface area contributed by atoms with Gasteiger partial charge in [-0.05, 0) is 33.1 Å². The summed E-state index contributed by atoms with van der Waals surface area (Å²) in [6.07, 6.45) is -2.42. The molecule has 0 radical (unpaired) electrons. The molecule has 1 N–H and O–H groups in total. The van der Waals surface area contributed by atoms with Gasteiger partial charge in [-0.3, -0.25) is 4.79 Å². The number of anilines is 1. The Morgan fingerprint density at radius 2 is 2.12 bits per heavy atom. The van der Waals surface area contributed by atoms with Crippen LogP contribution in [0, 0.1) is 19.8 Å². The largest absolute Gasteiger partial charge is 0.397 e. The first-order chi connectivity index (χ1) is 12.2. The summed E-state index contributed by atoms with van der Waals surface area (Å²) in [5.41, 5.74) is 1.70. The lowest BCUT2D eigenvalue weighted by Gasteiger charge is -2.12. The van der Waals surface area contributed by atoms with Crippen molar-refractivity contribution in [1.29, 1.82) is 0 Å². The molecule has 1 aliphatic carbocycles. The first-order valence-corrected chi connectivity index (χ1v) is 10.8. The molecule has 0 aromatic carbocycles. The quantitative estimate of drug-likeness (QED) is 0.713. The van der Waals surface area contributed by atoms with Gasteiger partial charge in [0.15, 0.2) is 5.13 Å². The first kappa shape index (κ1) is 19.6. The standard InChI is InChI=1S/C16H18F3N3OS3/c1-8-13(26-9(2)20-8)12-6-24-15(21-12)22-14(23)10-3-4-11(5-10)25-7-16(17,18)19/h6,10-11H,3-5,7H2,1-2H3,(H,21,22,23)/t10-,11-/m0/s1. The predicted octanol–water partition coefficient (Wildman–Crippen LogP) is 5.29. The second-order valence-corrected chi connectivity index (χ2v) is 9.58. The van der Waals surface area contributed by atoms with Gasteiger partial charge in [0.05, 0.1) is 27.0 Å². The molecular formula is C16H18F3N3OS3. The molecule has 0 bridgehead atoms. The highest BCUT2D eigenvalue weighted by Gasteiger charge is 2.34. The van der Waals surface area contributed by atoms with Crippen molar-refractivity contribution in [3.05, 3.63) is 16.1 Å². The Kier molecular flexibility index (Phi) is 5.93. The number of aryl methyl sites for hydroxylation is 2. The minimum absolute atomic E-state index is 0.109. The van der Waals surface area contributed by atoms with E-state index in [0.717, 1.165) is 33.0 Å². The average Bonchev–Trinajstić information content (AvgIpc) is 3.24. The fraction of sp³-hybridized carbons (Fsp3) is 0.562. The van der Waals surface area contributed by atoms with E-state index in [-0.39, 0.29) is 17.1 Å². The highest BCUT2D eigenvalue weighted by atomic mass is 32.2. The van der Waals surface area contributed by atoms with Gasteiger partial charge in [0.25, 0.3) is 0 Å². The Morgan fingerprint density at radius 1 is 1.35 bits per heavy atom. The van der Waals surface area contributed by atoms with Crippen molar-refractivity contribution < 1.29 is 18.0 Å². The Morgan fingerprint density at radius 3 is 2.77 bits per heavy atom. The summed E-state index contributed by atoms with van der Waals surface area (Å²) in [7, 11) is 0. The van der Waals surface area contributed by atoms with Gasteiger partial charge in [0.2, 0.25) is 5.91 Å². The number of thioether (sulfide) groups is 1. The van der Waals surface area contributed by atoms with Crippen LogP contribution >= 0.6 is 34.4 Å². The number of carbonyl (C=O) groups excluding carboxylic acids is 1. The third-order valence-corrected chi connectivity index (χ3v) is 7.36. The zero-order chi connectivity index (χ0) is 18.9. The molecule has 2 atom stereocenters. The number of hydrogen-bond acceptors (Lipinski definition) is 6. The van der Waals surface area contributed by atoms with Crippen molar-refractivity contribution in [2.75, 3.05) is 11.1 Å². The summed E-state index contributed by atoms with van der Waals surface area (Å²) in [5.74, 6) is -1.26. The molecule has 2 heterocycles. The Hall–Kier alpha value is -1.13. The molecule has 0 spiro atoms. The second-order valence-electron chi connectivity index (χ2n) is 6.23. The van der Waals surface area contributed by atoms with Crippen LogP contribution < -0.4 is 5.32 Å². The lowest BCUT2D eigenvalue weighted by atomic mass is 10.1. The number of amides is 1. The number of aromatic nitrogens is 2. The van der Waals surface area contributed by atoms with E-state index in [1.54, 1.807) is 11.3 Å². The molecule has 0 aliphatic heterocycles. The number of nitrogens with one attached hydrogen (secondary N) is 1. The van der Waals surface area contributed by atoms with Crippen molar-refractivity contribution in [3.8, 4) is 10.6 Å². The van der Waals surface area contributed by atoms with Gasteiger partial charge in [0.1, 0.15) is 0 Å². The van der Waals surface area contributed by atoms with Crippen LogP contribution in [0.1, 0.15) is 30.0 Å². The van der Waals surface area contributed by atoms with Crippen molar-refractivity contribution in [3.63, 3.8) is 0 Å². The summed E-state index contributed by atoms with van der Waals surface area (Å²) in [4.78, 5) is 22.2. The summed E-state index contributed by atoms with van der Waals surface area (Å²) < 4.78 is 36.9. The SMILES string of the molecule is Cc1nc(C)c(-c2csc(NC(=O)[C@H]3CC[C@H](SCC(F)(F)F)C3)n2)s1. The number of alkyl halides is 3.